The van der Waals surface area contributed by atoms with Crippen molar-refractivity contribution in [1.29, 1.82) is 0 Å². The molecule has 0 spiro atoms. The van der Waals surface area contributed by atoms with Crippen LogP contribution in [0, 0.1) is 5.92 Å². The molecule has 116 valence electrons. The maximum Gasteiger partial charge on any atom is 0.327 e. The molecule has 1 fully saturated rings. The van der Waals surface area contributed by atoms with E-state index in [9.17, 15) is 9.59 Å². The standard InChI is InChI=1S/C13H19BrN4O3/c1-21-11(19)8-18-13(20)12(14)10(7-17-18)16-6-9-3-2-4-15-5-9/h7,9,15-16H,2-6,8H2,1H3. The Hall–Kier alpha value is -1.41. The summed E-state index contributed by atoms with van der Waals surface area (Å²) in [5, 5.41) is 10.6. The Balaban J connectivity index is 2.02. The van der Waals surface area contributed by atoms with Crippen molar-refractivity contribution in [3.63, 3.8) is 0 Å². The van der Waals surface area contributed by atoms with E-state index >= 15 is 0 Å². The van der Waals surface area contributed by atoms with Gasteiger partial charge in [-0.25, -0.2) is 4.68 Å². The highest BCUT2D eigenvalue weighted by Crippen LogP contribution is 2.18. The van der Waals surface area contributed by atoms with Gasteiger partial charge in [0.05, 0.1) is 19.0 Å². The molecule has 0 radical (unpaired) electrons. The number of nitrogens with zero attached hydrogens (tertiary/aromatic N) is 2. The summed E-state index contributed by atoms with van der Waals surface area (Å²) in [6, 6.07) is 0. The van der Waals surface area contributed by atoms with E-state index in [1.165, 1.54) is 20.0 Å². The van der Waals surface area contributed by atoms with E-state index in [-0.39, 0.29) is 12.1 Å². The summed E-state index contributed by atoms with van der Waals surface area (Å²) in [6.45, 7) is 2.65. The van der Waals surface area contributed by atoms with Gasteiger partial charge in [-0.1, -0.05) is 0 Å². The lowest BCUT2D eigenvalue weighted by molar-refractivity contribution is -0.141. The van der Waals surface area contributed by atoms with E-state index in [4.69, 9.17) is 0 Å². The fourth-order valence-electron chi connectivity index (χ4n) is 2.24. The Bertz CT molecular complexity index is 555. The van der Waals surface area contributed by atoms with Crippen LogP contribution in [-0.2, 0) is 16.1 Å². The lowest BCUT2D eigenvalue weighted by Crippen LogP contribution is -2.34. The number of piperidine rings is 1. The molecule has 0 aromatic carbocycles. The summed E-state index contributed by atoms with van der Waals surface area (Å²) in [5.41, 5.74) is 0.291. The van der Waals surface area contributed by atoms with Crippen LogP contribution in [0.1, 0.15) is 12.8 Å². The van der Waals surface area contributed by atoms with Crippen LogP contribution in [0.3, 0.4) is 0 Å². The Morgan fingerprint density at radius 1 is 1.67 bits per heavy atom. The predicted octanol–water partition coefficient (Wildman–Crippen LogP) is 0.590. The quantitative estimate of drug-likeness (QED) is 0.749. The molecule has 2 heterocycles. The minimum Gasteiger partial charge on any atom is -0.468 e. The molecular weight excluding hydrogens is 340 g/mol. The number of hydrogen-bond donors (Lipinski definition) is 2. The van der Waals surface area contributed by atoms with Gasteiger partial charge < -0.3 is 15.4 Å². The summed E-state index contributed by atoms with van der Waals surface area (Å²) >= 11 is 3.26. The number of rotatable bonds is 5. The fraction of sp³-hybridized carbons (Fsp3) is 0.615. The van der Waals surface area contributed by atoms with Crippen molar-refractivity contribution in [2.75, 3.05) is 32.1 Å². The van der Waals surface area contributed by atoms with E-state index in [0.29, 0.717) is 16.1 Å². The molecule has 7 nitrogen and oxygen atoms in total. The number of esters is 1. The normalized spacial score (nSPS) is 18.3. The van der Waals surface area contributed by atoms with Gasteiger partial charge in [-0.15, -0.1) is 0 Å². The van der Waals surface area contributed by atoms with Crippen LogP contribution in [-0.4, -0.2) is 42.5 Å². The number of aromatic nitrogens is 2. The van der Waals surface area contributed by atoms with E-state index < -0.39 is 5.97 Å². The van der Waals surface area contributed by atoms with Crippen molar-refractivity contribution >= 4 is 27.6 Å². The Kier molecular flexibility index (Phi) is 5.75. The minimum absolute atomic E-state index is 0.194. The van der Waals surface area contributed by atoms with Gasteiger partial charge in [0.2, 0.25) is 0 Å². The minimum atomic E-state index is -0.509. The molecule has 1 unspecified atom stereocenters. The maximum atomic E-state index is 12.1. The number of anilines is 1. The van der Waals surface area contributed by atoms with Gasteiger partial charge in [-0.2, -0.15) is 5.10 Å². The SMILES string of the molecule is COC(=O)Cn1ncc(NCC2CCCNC2)c(Br)c1=O. The molecular formula is C13H19BrN4O3. The second-order valence-corrected chi connectivity index (χ2v) is 5.80. The van der Waals surface area contributed by atoms with Crippen molar-refractivity contribution in [1.82, 2.24) is 15.1 Å². The van der Waals surface area contributed by atoms with E-state index in [2.05, 4.69) is 36.4 Å². The second kappa shape index (κ2) is 7.56. The van der Waals surface area contributed by atoms with Gasteiger partial charge >= 0.3 is 5.97 Å². The van der Waals surface area contributed by atoms with Crippen LogP contribution in [0.15, 0.2) is 15.5 Å². The zero-order valence-electron chi connectivity index (χ0n) is 11.9. The first-order valence-corrected chi connectivity index (χ1v) is 7.68. The average molecular weight is 359 g/mol. The molecule has 2 N–H and O–H groups in total. The number of methoxy groups -OCH3 is 1. The van der Waals surface area contributed by atoms with Crippen LogP contribution in [0.5, 0.6) is 0 Å². The smallest absolute Gasteiger partial charge is 0.327 e. The monoisotopic (exact) mass is 358 g/mol. The summed E-state index contributed by atoms with van der Waals surface area (Å²) in [4.78, 5) is 23.3. The molecule has 1 aliphatic rings. The van der Waals surface area contributed by atoms with Crippen molar-refractivity contribution in [3.8, 4) is 0 Å². The van der Waals surface area contributed by atoms with Crippen LogP contribution in [0.4, 0.5) is 5.69 Å². The van der Waals surface area contributed by atoms with Crippen molar-refractivity contribution in [3.05, 3.63) is 21.0 Å². The van der Waals surface area contributed by atoms with Crippen LogP contribution < -0.4 is 16.2 Å². The fourth-order valence-corrected chi connectivity index (χ4v) is 2.69. The first-order chi connectivity index (χ1) is 10.1. The summed E-state index contributed by atoms with van der Waals surface area (Å²) < 4.78 is 5.98. The molecule has 1 aromatic rings. The maximum absolute atomic E-state index is 12.1. The highest BCUT2D eigenvalue weighted by molar-refractivity contribution is 9.10. The number of carbonyl (C=O) groups excluding carboxylic acids is 1. The van der Waals surface area contributed by atoms with Gasteiger partial charge in [0.1, 0.15) is 11.0 Å². The number of halogens is 1. The average Bonchev–Trinajstić information content (AvgIpc) is 2.52. The van der Waals surface area contributed by atoms with Gasteiger partial charge in [0.25, 0.3) is 5.56 Å². The third-order valence-corrected chi connectivity index (χ3v) is 4.24. The molecule has 0 amide bonds. The van der Waals surface area contributed by atoms with Crippen molar-refractivity contribution < 1.29 is 9.53 Å². The van der Waals surface area contributed by atoms with Crippen LogP contribution in [0.2, 0.25) is 0 Å². The molecule has 0 saturated carbocycles. The van der Waals surface area contributed by atoms with Crippen LogP contribution >= 0.6 is 15.9 Å². The molecule has 1 aromatic heterocycles. The van der Waals surface area contributed by atoms with Gasteiger partial charge in [0.15, 0.2) is 0 Å². The van der Waals surface area contributed by atoms with Gasteiger partial charge in [-0.05, 0) is 47.8 Å². The predicted molar refractivity (Wildman–Crippen MR) is 82.3 cm³/mol. The third kappa shape index (κ3) is 4.28. The van der Waals surface area contributed by atoms with Crippen LogP contribution in [0.25, 0.3) is 0 Å². The zero-order valence-corrected chi connectivity index (χ0v) is 13.5. The lowest BCUT2D eigenvalue weighted by atomic mass is 10.00. The lowest BCUT2D eigenvalue weighted by Gasteiger charge is -2.23. The molecule has 1 saturated heterocycles. The third-order valence-electron chi connectivity index (χ3n) is 3.47. The highest BCUT2D eigenvalue weighted by Gasteiger charge is 2.15. The molecule has 1 atom stereocenters. The molecule has 0 bridgehead atoms. The zero-order chi connectivity index (χ0) is 15.2. The van der Waals surface area contributed by atoms with Gasteiger partial charge in [-0.3, -0.25) is 9.59 Å². The first-order valence-electron chi connectivity index (χ1n) is 6.89. The summed E-state index contributed by atoms with van der Waals surface area (Å²) in [6.07, 6.45) is 3.89. The van der Waals surface area contributed by atoms with Crippen molar-refractivity contribution in [2.24, 2.45) is 5.92 Å². The summed E-state index contributed by atoms with van der Waals surface area (Å²) in [7, 11) is 1.27. The molecule has 0 aliphatic carbocycles. The van der Waals surface area contributed by atoms with Crippen molar-refractivity contribution in [2.45, 2.75) is 19.4 Å². The number of carbonyl (C=O) groups is 1. The first kappa shape index (κ1) is 16.0. The molecule has 8 heteroatoms. The second-order valence-electron chi connectivity index (χ2n) is 5.00. The topological polar surface area (TPSA) is 85.2 Å². The molecule has 21 heavy (non-hydrogen) atoms. The highest BCUT2D eigenvalue weighted by atomic mass is 79.9. The number of nitrogens with one attached hydrogen (secondary N) is 2. The van der Waals surface area contributed by atoms with E-state index in [0.717, 1.165) is 24.3 Å². The largest absolute Gasteiger partial charge is 0.468 e. The summed E-state index contributed by atoms with van der Waals surface area (Å²) in [5.74, 6) is 0.0358. The molecule has 1 aliphatic heterocycles. The Morgan fingerprint density at radius 3 is 3.14 bits per heavy atom. The van der Waals surface area contributed by atoms with E-state index in [1.54, 1.807) is 6.20 Å². The van der Waals surface area contributed by atoms with E-state index in [1.807, 2.05) is 0 Å². The number of ether oxygens (including phenoxy) is 1. The molecule has 2 rings (SSSR count). The Labute approximate surface area is 131 Å². The Morgan fingerprint density at radius 2 is 2.48 bits per heavy atom. The number of hydrogen-bond acceptors (Lipinski definition) is 6. The van der Waals surface area contributed by atoms with Gasteiger partial charge in [0, 0.05) is 6.54 Å².